The van der Waals surface area contributed by atoms with E-state index in [-0.39, 0.29) is 5.91 Å². The maximum absolute atomic E-state index is 12.1. The van der Waals surface area contributed by atoms with Gasteiger partial charge < -0.3 is 10.6 Å². The smallest absolute Gasteiger partial charge is 0.236 e. The van der Waals surface area contributed by atoms with Crippen molar-refractivity contribution in [2.45, 2.75) is 26.3 Å². The normalized spacial score (nSPS) is 21.3. The van der Waals surface area contributed by atoms with E-state index in [1.807, 2.05) is 7.05 Å². The Labute approximate surface area is 121 Å². The van der Waals surface area contributed by atoms with E-state index in [0.717, 1.165) is 26.2 Å². The van der Waals surface area contributed by atoms with Gasteiger partial charge in [-0.1, -0.05) is 19.1 Å². The third-order valence-electron chi connectivity index (χ3n) is 3.73. The molecule has 0 radical (unpaired) electrons. The zero-order valence-electron chi connectivity index (χ0n) is 12.3. The van der Waals surface area contributed by atoms with Crippen LogP contribution < -0.4 is 5.73 Å². The van der Waals surface area contributed by atoms with Gasteiger partial charge in [-0.25, -0.2) is 0 Å². The summed E-state index contributed by atoms with van der Waals surface area (Å²) < 4.78 is 0. The first kappa shape index (κ1) is 16.3. The minimum absolute atomic E-state index is 0.147. The Kier molecular flexibility index (Phi) is 6.68. The molecule has 1 unspecified atom stereocenters. The largest absolute Gasteiger partial charge is 0.393 e. The molecule has 1 aliphatic heterocycles. The van der Waals surface area contributed by atoms with E-state index >= 15 is 0 Å². The van der Waals surface area contributed by atoms with E-state index in [9.17, 15) is 4.79 Å². The summed E-state index contributed by atoms with van der Waals surface area (Å²) in [7, 11) is 1.81. The van der Waals surface area contributed by atoms with Crippen molar-refractivity contribution in [1.29, 1.82) is 0 Å². The number of carbonyl (C=O) groups is 1. The van der Waals surface area contributed by atoms with Crippen LogP contribution in [0.4, 0.5) is 0 Å². The van der Waals surface area contributed by atoms with E-state index in [1.54, 1.807) is 4.90 Å². The van der Waals surface area contributed by atoms with Crippen LogP contribution in [0, 0.1) is 0 Å². The molecule has 1 atom stereocenters. The van der Waals surface area contributed by atoms with Gasteiger partial charge in [-0.05, 0) is 13.5 Å². The molecule has 0 bridgehead atoms. The lowest BCUT2D eigenvalue weighted by atomic mass is 10.2. The summed E-state index contributed by atoms with van der Waals surface area (Å²) in [5.41, 5.74) is 5.45. The number of likely N-dealkylation sites (N-methyl/N-ethyl adjacent to an activating group) is 2. The molecule has 5 nitrogen and oxygen atoms in total. The number of nitrogens with zero attached hydrogens (tertiary/aromatic N) is 3. The van der Waals surface area contributed by atoms with Gasteiger partial charge in [0.2, 0.25) is 5.91 Å². The lowest BCUT2D eigenvalue weighted by Gasteiger charge is -2.39. The molecule has 0 aromatic carbocycles. The minimum atomic E-state index is 0.147. The summed E-state index contributed by atoms with van der Waals surface area (Å²) >= 11 is 4.83. The van der Waals surface area contributed by atoms with Crippen molar-refractivity contribution in [3.8, 4) is 0 Å². The fourth-order valence-electron chi connectivity index (χ4n) is 2.40. The van der Waals surface area contributed by atoms with Gasteiger partial charge in [0.05, 0.1) is 11.5 Å². The Hall–Kier alpha value is -0.720. The van der Waals surface area contributed by atoms with Crippen molar-refractivity contribution >= 4 is 23.1 Å². The summed E-state index contributed by atoms with van der Waals surface area (Å²) in [5, 5.41) is 0. The van der Waals surface area contributed by atoms with Gasteiger partial charge in [-0.15, -0.1) is 0 Å². The highest BCUT2D eigenvalue weighted by Crippen LogP contribution is 2.08. The fourth-order valence-corrected chi connectivity index (χ4v) is 2.49. The molecule has 1 fully saturated rings. The average Bonchev–Trinajstić information content (AvgIpc) is 2.36. The van der Waals surface area contributed by atoms with Gasteiger partial charge in [0.1, 0.15) is 0 Å². The summed E-state index contributed by atoms with van der Waals surface area (Å²) in [4.78, 5) is 18.9. The van der Waals surface area contributed by atoms with Crippen molar-refractivity contribution in [2.75, 3.05) is 46.3 Å². The molecule has 0 spiro atoms. The Morgan fingerprint density at radius 3 is 2.68 bits per heavy atom. The molecule has 110 valence electrons. The Balaban J connectivity index is 2.34. The number of hydrogen-bond donors (Lipinski definition) is 1. The third kappa shape index (κ3) is 5.42. The molecule has 2 N–H and O–H groups in total. The summed E-state index contributed by atoms with van der Waals surface area (Å²) in [5.74, 6) is 0.147. The second-order valence-electron chi connectivity index (χ2n) is 5.24. The first-order valence-electron chi connectivity index (χ1n) is 6.92. The SMILES string of the molecule is CCN1CCN(CC(=O)N(C)CCC(N)=S)CC1C. The Morgan fingerprint density at radius 2 is 2.16 bits per heavy atom. The van der Waals surface area contributed by atoms with Crippen LogP contribution in [-0.4, -0.2) is 78.0 Å². The lowest BCUT2D eigenvalue weighted by Crippen LogP contribution is -2.53. The number of carbonyl (C=O) groups excluding carboxylic acids is 1. The first-order valence-corrected chi connectivity index (χ1v) is 7.33. The van der Waals surface area contributed by atoms with Crippen molar-refractivity contribution < 1.29 is 4.79 Å². The number of rotatable bonds is 6. The Morgan fingerprint density at radius 1 is 1.47 bits per heavy atom. The predicted octanol–water partition coefficient (Wildman–Crippen LogP) is 0.147. The predicted molar refractivity (Wildman–Crippen MR) is 82.2 cm³/mol. The molecule has 0 aromatic heterocycles. The molecule has 0 aromatic rings. The van der Waals surface area contributed by atoms with Crippen LogP contribution in [0.25, 0.3) is 0 Å². The molecule has 1 saturated heterocycles. The van der Waals surface area contributed by atoms with Crippen LogP contribution in [0.3, 0.4) is 0 Å². The van der Waals surface area contributed by atoms with E-state index in [0.29, 0.717) is 30.5 Å². The molecule has 1 aliphatic rings. The summed E-state index contributed by atoms with van der Waals surface area (Å²) in [6.07, 6.45) is 0.595. The van der Waals surface area contributed by atoms with E-state index in [1.165, 1.54) is 0 Å². The van der Waals surface area contributed by atoms with Gasteiger partial charge in [-0.2, -0.15) is 0 Å². The minimum Gasteiger partial charge on any atom is -0.393 e. The maximum Gasteiger partial charge on any atom is 0.236 e. The number of amides is 1. The van der Waals surface area contributed by atoms with Crippen LogP contribution in [0.15, 0.2) is 0 Å². The second-order valence-corrected chi connectivity index (χ2v) is 5.77. The monoisotopic (exact) mass is 286 g/mol. The number of hydrogen-bond acceptors (Lipinski definition) is 4. The van der Waals surface area contributed by atoms with E-state index in [4.69, 9.17) is 18.0 Å². The maximum atomic E-state index is 12.1. The number of piperazine rings is 1. The zero-order valence-corrected chi connectivity index (χ0v) is 13.1. The van der Waals surface area contributed by atoms with Crippen molar-refractivity contribution in [2.24, 2.45) is 5.73 Å². The molecule has 0 saturated carbocycles. The highest BCUT2D eigenvalue weighted by molar-refractivity contribution is 7.80. The summed E-state index contributed by atoms with van der Waals surface area (Å²) in [6, 6.07) is 0.522. The fraction of sp³-hybridized carbons (Fsp3) is 0.846. The van der Waals surface area contributed by atoms with Crippen LogP contribution in [0.5, 0.6) is 0 Å². The van der Waals surface area contributed by atoms with Crippen LogP contribution in [0.1, 0.15) is 20.3 Å². The number of nitrogens with two attached hydrogens (primary N) is 1. The van der Waals surface area contributed by atoms with Gasteiger partial charge >= 0.3 is 0 Å². The molecule has 1 heterocycles. The standard InChI is InChI=1S/C13H26N4OS/c1-4-17-8-7-16(9-11(17)2)10-13(18)15(3)6-5-12(14)19/h11H,4-10H2,1-3H3,(H2,14,19). The quantitative estimate of drug-likeness (QED) is 0.704. The highest BCUT2D eigenvalue weighted by atomic mass is 32.1. The van der Waals surface area contributed by atoms with Gasteiger partial charge in [0.15, 0.2) is 0 Å². The van der Waals surface area contributed by atoms with Crippen molar-refractivity contribution in [3.05, 3.63) is 0 Å². The molecular weight excluding hydrogens is 260 g/mol. The van der Waals surface area contributed by atoms with Crippen LogP contribution in [0.2, 0.25) is 0 Å². The molecule has 1 rings (SSSR count). The molecular formula is C13H26N4OS. The van der Waals surface area contributed by atoms with Gasteiger partial charge in [0.25, 0.3) is 0 Å². The molecule has 19 heavy (non-hydrogen) atoms. The van der Waals surface area contributed by atoms with Crippen LogP contribution >= 0.6 is 12.2 Å². The third-order valence-corrected chi connectivity index (χ3v) is 3.94. The summed E-state index contributed by atoms with van der Waals surface area (Å²) in [6.45, 7) is 9.56. The van der Waals surface area contributed by atoms with Crippen LogP contribution in [-0.2, 0) is 4.79 Å². The van der Waals surface area contributed by atoms with Crippen molar-refractivity contribution in [1.82, 2.24) is 14.7 Å². The first-order chi connectivity index (χ1) is 8.93. The molecule has 6 heteroatoms. The van der Waals surface area contributed by atoms with Crippen molar-refractivity contribution in [3.63, 3.8) is 0 Å². The molecule has 1 amide bonds. The average molecular weight is 286 g/mol. The van der Waals surface area contributed by atoms with E-state index in [2.05, 4.69) is 23.6 Å². The van der Waals surface area contributed by atoms with E-state index < -0.39 is 0 Å². The lowest BCUT2D eigenvalue weighted by molar-refractivity contribution is -0.131. The highest BCUT2D eigenvalue weighted by Gasteiger charge is 2.24. The Bertz CT molecular complexity index is 324. The molecule has 0 aliphatic carbocycles. The number of thiocarbonyl (C=S) groups is 1. The second kappa shape index (κ2) is 7.77. The van der Waals surface area contributed by atoms with Gasteiger partial charge in [0, 0.05) is 45.7 Å². The topological polar surface area (TPSA) is 52.8 Å². The van der Waals surface area contributed by atoms with Gasteiger partial charge in [-0.3, -0.25) is 14.6 Å². The zero-order chi connectivity index (χ0) is 14.4.